The first-order valence-electron chi connectivity index (χ1n) is 6.37. The fraction of sp³-hybridized carbons (Fsp3) is 0.250. The zero-order valence-electron chi connectivity index (χ0n) is 11.3. The van der Waals surface area contributed by atoms with E-state index in [9.17, 15) is 0 Å². The first-order chi connectivity index (χ1) is 9.26. The van der Waals surface area contributed by atoms with Crippen molar-refractivity contribution in [1.29, 1.82) is 0 Å². The minimum Gasteiger partial charge on any atom is -0.496 e. The van der Waals surface area contributed by atoms with Gasteiger partial charge in [-0.2, -0.15) is 0 Å². The van der Waals surface area contributed by atoms with Gasteiger partial charge in [0.1, 0.15) is 11.5 Å². The third kappa shape index (κ3) is 3.06. The van der Waals surface area contributed by atoms with Gasteiger partial charge in [0.2, 0.25) is 0 Å². The molecular formula is C16H19NO2. The molecule has 3 nitrogen and oxygen atoms in total. The lowest BCUT2D eigenvalue weighted by molar-refractivity contribution is 0.339. The molecule has 0 spiro atoms. The lowest BCUT2D eigenvalue weighted by atomic mass is 9.98. The number of nitrogens with two attached hydrogens (primary N) is 1. The van der Waals surface area contributed by atoms with E-state index in [1.54, 1.807) is 7.11 Å². The van der Waals surface area contributed by atoms with Crippen LogP contribution in [0.1, 0.15) is 24.1 Å². The summed E-state index contributed by atoms with van der Waals surface area (Å²) in [6.45, 7) is 2.61. The maximum Gasteiger partial charge on any atom is 0.123 e. The monoisotopic (exact) mass is 257 g/mol. The molecule has 0 saturated heterocycles. The summed E-state index contributed by atoms with van der Waals surface area (Å²) in [6.07, 6.45) is 0. The van der Waals surface area contributed by atoms with E-state index in [-0.39, 0.29) is 6.04 Å². The van der Waals surface area contributed by atoms with Gasteiger partial charge < -0.3 is 15.2 Å². The predicted molar refractivity (Wildman–Crippen MR) is 76.6 cm³/mol. The summed E-state index contributed by atoms with van der Waals surface area (Å²) in [5, 5.41) is 0. The summed E-state index contributed by atoms with van der Waals surface area (Å²) < 4.78 is 10.9. The average Bonchev–Trinajstić information content (AvgIpc) is 2.47. The first kappa shape index (κ1) is 13.4. The molecule has 0 saturated carbocycles. The van der Waals surface area contributed by atoms with Crippen LogP contribution in [0.2, 0.25) is 0 Å². The van der Waals surface area contributed by atoms with E-state index in [1.807, 2.05) is 55.5 Å². The summed E-state index contributed by atoms with van der Waals surface area (Å²) in [4.78, 5) is 0. The Bertz CT molecular complexity index is 540. The molecule has 0 fully saturated rings. The van der Waals surface area contributed by atoms with Gasteiger partial charge >= 0.3 is 0 Å². The number of methoxy groups -OCH3 is 1. The van der Waals surface area contributed by atoms with Crippen LogP contribution in [0.3, 0.4) is 0 Å². The van der Waals surface area contributed by atoms with E-state index in [2.05, 4.69) is 0 Å². The van der Waals surface area contributed by atoms with Crippen LogP contribution in [-0.2, 0) is 0 Å². The highest BCUT2D eigenvalue weighted by Crippen LogP contribution is 2.29. The average molecular weight is 257 g/mol. The molecule has 1 atom stereocenters. The van der Waals surface area contributed by atoms with Crippen LogP contribution < -0.4 is 15.2 Å². The van der Waals surface area contributed by atoms with Gasteiger partial charge in [0.15, 0.2) is 0 Å². The second-order valence-corrected chi connectivity index (χ2v) is 4.23. The minimum atomic E-state index is -0.225. The summed E-state index contributed by atoms with van der Waals surface area (Å²) in [6, 6.07) is 15.4. The maximum atomic E-state index is 6.32. The molecule has 0 aromatic heterocycles. The third-order valence-corrected chi connectivity index (χ3v) is 3.00. The van der Waals surface area contributed by atoms with Crippen molar-refractivity contribution in [3.63, 3.8) is 0 Å². The fourth-order valence-corrected chi connectivity index (χ4v) is 2.07. The quantitative estimate of drug-likeness (QED) is 0.895. The highest BCUT2D eigenvalue weighted by Gasteiger charge is 2.13. The van der Waals surface area contributed by atoms with Crippen molar-refractivity contribution >= 4 is 0 Å². The summed E-state index contributed by atoms with van der Waals surface area (Å²) in [5.41, 5.74) is 8.30. The first-order valence-corrected chi connectivity index (χ1v) is 6.37. The molecule has 19 heavy (non-hydrogen) atoms. The molecular weight excluding hydrogens is 238 g/mol. The summed E-state index contributed by atoms with van der Waals surface area (Å²) in [5.74, 6) is 1.64. The van der Waals surface area contributed by atoms with Crippen molar-refractivity contribution in [2.24, 2.45) is 5.73 Å². The largest absolute Gasteiger partial charge is 0.496 e. The normalized spacial score (nSPS) is 11.9. The molecule has 100 valence electrons. The van der Waals surface area contributed by atoms with Crippen molar-refractivity contribution in [1.82, 2.24) is 0 Å². The van der Waals surface area contributed by atoms with Gasteiger partial charge in [-0.3, -0.25) is 0 Å². The van der Waals surface area contributed by atoms with E-state index >= 15 is 0 Å². The Kier molecular flexibility index (Phi) is 4.42. The number of hydrogen-bond acceptors (Lipinski definition) is 3. The van der Waals surface area contributed by atoms with E-state index in [4.69, 9.17) is 15.2 Å². The Balaban J connectivity index is 2.32. The van der Waals surface area contributed by atoms with Crippen LogP contribution in [0.25, 0.3) is 0 Å². The Hall–Kier alpha value is -2.00. The molecule has 0 heterocycles. The second kappa shape index (κ2) is 6.25. The Morgan fingerprint density at radius 3 is 2.63 bits per heavy atom. The molecule has 0 aliphatic heterocycles. The van der Waals surface area contributed by atoms with Gasteiger partial charge in [-0.1, -0.05) is 30.3 Å². The van der Waals surface area contributed by atoms with E-state index in [0.717, 1.165) is 22.6 Å². The zero-order chi connectivity index (χ0) is 13.7. The number of para-hydroxylation sites is 1. The molecule has 0 bridgehead atoms. The molecule has 0 aliphatic rings. The Morgan fingerprint density at radius 2 is 1.89 bits per heavy atom. The molecule has 2 rings (SSSR count). The maximum absolute atomic E-state index is 6.32. The van der Waals surface area contributed by atoms with Gasteiger partial charge in [-0.05, 0) is 30.7 Å². The topological polar surface area (TPSA) is 44.5 Å². The lowest BCUT2D eigenvalue weighted by Crippen LogP contribution is -2.13. The van der Waals surface area contributed by atoms with Crippen LogP contribution >= 0.6 is 0 Å². The van der Waals surface area contributed by atoms with Crippen LogP contribution in [-0.4, -0.2) is 13.7 Å². The fourth-order valence-electron chi connectivity index (χ4n) is 2.07. The SMILES string of the molecule is CCOc1cccc(C(N)c2ccccc2OC)c1. The molecule has 2 aromatic rings. The number of hydrogen-bond donors (Lipinski definition) is 1. The summed E-state index contributed by atoms with van der Waals surface area (Å²) >= 11 is 0. The van der Waals surface area contributed by atoms with Gasteiger partial charge in [0.05, 0.1) is 19.8 Å². The number of rotatable bonds is 5. The highest BCUT2D eigenvalue weighted by molar-refractivity contribution is 5.43. The van der Waals surface area contributed by atoms with E-state index < -0.39 is 0 Å². The van der Waals surface area contributed by atoms with Gasteiger partial charge in [-0.25, -0.2) is 0 Å². The zero-order valence-corrected chi connectivity index (χ0v) is 11.3. The molecule has 0 aliphatic carbocycles. The molecule has 0 radical (unpaired) electrons. The molecule has 0 amide bonds. The molecule has 2 N–H and O–H groups in total. The standard InChI is InChI=1S/C16H19NO2/c1-3-19-13-8-6-7-12(11-13)16(17)14-9-4-5-10-15(14)18-2/h4-11,16H,3,17H2,1-2H3. The van der Waals surface area contributed by atoms with E-state index in [1.165, 1.54) is 0 Å². The van der Waals surface area contributed by atoms with Crippen LogP contribution in [0.15, 0.2) is 48.5 Å². The lowest BCUT2D eigenvalue weighted by Gasteiger charge is -2.16. The number of ether oxygens (including phenoxy) is 2. The van der Waals surface area contributed by atoms with Crippen LogP contribution in [0, 0.1) is 0 Å². The Morgan fingerprint density at radius 1 is 1.11 bits per heavy atom. The third-order valence-electron chi connectivity index (χ3n) is 3.00. The van der Waals surface area contributed by atoms with Crippen molar-refractivity contribution < 1.29 is 9.47 Å². The van der Waals surface area contributed by atoms with Gasteiger partial charge in [0.25, 0.3) is 0 Å². The molecule has 1 unspecified atom stereocenters. The van der Waals surface area contributed by atoms with Crippen LogP contribution in [0.5, 0.6) is 11.5 Å². The smallest absolute Gasteiger partial charge is 0.123 e. The minimum absolute atomic E-state index is 0.225. The van der Waals surface area contributed by atoms with Crippen molar-refractivity contribution in [3.05, 3.63) is 59.7 Å². The van der Waals surface area contributed by atoms with Crippen molar-refractivity contribution in [2.75, 3.05) is 13.7 Å². The number of benzene rings is 2. The predicted octanol–water partition coefficient (Wildman–Crippen LogP) is 3.14. The van der Waals surface area contributed by atoms with Gasteiger partial charge in [0, 0.05) is 5.56 Å². The summed E-state index contributed by atoms with van der Waals surface area (Å²) in [7, 11) is 1.65. The van der Waals surface area contributed by atoms with Gasteiger partial charge in [-0.15, -0.1) is 0 Å². The van der Waals surface area contributed by atoms with Crippen LogP contribution in [0.4, 0.5) is 0 Å². The van der Waals surface area contributed by atoms with Crippen molar-refractivity contribution in [3.8, 4) is 11.5 Å². The van der Waals surface area contributed by atoms with E-state index in [0.29, 0.717) is 6.61 Å². The molecule has 2 aromatic carbocycles. The van der Waals surface area contributed by atoms with Crippen molar-refractivity contribution in [2.45, 2.75) is 13.0 Å². The molecule has 3 heteroatoms. The highest BCUT2D eigenvalue weighted by atomic mass is 16.5. The Labute approximate surface area is 114 Å². The second-order valence-electron chi connectivity index (χ2n) is 4.23.